The standard InChI is InChI=1S/C50H80N6O7/c1-15-34(6)45(55(12)49(60)43(32(2)3)52-48(59)44(33(4)5)54(11)29-27-37-23-25-39(26-24-37)53(9)10)35(7)30-42(57)56-28-19-22-41(56)46(62-13)36(8)47(58)51-40(50(61)63-14)31-38-20-17-16-18-21-38/h16-18,20-21,23-26,32-36,40-41,43-46H,15,19,22,27-31H2,1-14H3,(H,51,58)(H,52,59)/t34-,35+,36+,40-,41-,43-,44-,45-,46+/m0/s1. The highest BCUT2D eigenvalue weighted by atomic mass is 16.5. The van der Waals surface area contributed by atoms with E-state index in [-0.39, 0.29) is 72.2 Å². The summed E-state index contributed by atoms with van der Waals surface area (Å²) < 4.78 is 11.0. The van der Waals surface area contributed by atoms with Gasteiger partial charge in [-0.2, -0.15) is 0 Å². The van der Waals surface area contributed by atoms with Gasteiger partial charge in [-0.1, -0.05) is 104 Å². The third-order valence-corrected chi connectivity index (χ3v) is 13.2. The molecule has 0 spiro atoms. The molecule has 1 aliphatic rings. The summed E-state index contributed by atoms with van der Waals surface area (Å²) in [5.74, 6) is -2.31. The van der Waals surface area contributed by atoms with E-state index in [1.807, 2.05) is 91.0 Å². The maximum Gasteiger partial charge on any atom is 0.328 e. The average Bonchev–Trinajstić information content (AvgIpc) is 3.74. The SMILES string of the molecule is CC[C@H](C)[C@@H]([C@H](C)CC(=O)N1CCC[C@H]1[C@H](OC)[C@@H](C)C(=O)N[C@@H](Cc1ccccc1)C(=O)OC)N(C)C(=O)[C@@H](NC(=O)[C@H](C(C)C)N(C)CCc1ccc(N(C)C)cc1)C(C)C. The minimum absolute atomic E-state index is 0.00608. The maximum atomic E-state index is 14.6. The molecule has 2 N–H and O–H groups in total. The Balaban J connectivity index is 1.73. The Morgan fingerprint density at radius 3 is 1.97 bits per heavy atom. The van der Waals surface area contributed by atoms with Crippen molar-refractivity contribution < 1.29 is 33.4 Å². The van der Waals surface area contributed by atoms with Crippen molar-refractivity contribution in [1.29, 1.82) is 0 Å². The third kappa shape index (κ3) is 14.5. The van der Waals surface area contributed by atoms with Crippen LogP contribution >= 0.6 is 0 Å². The number of likely N-dealkylation sites (tertiary alicyclic amines) is 1. The van der Waals surface area contributed by atoms with Gasteiger partial charge in [0, 0.05) is 65.9 Å². The highest BCUT2D eigenvalue weighted by Gasteiger charge is 2.43. The lowest BCUT2D eigenvalue weighted by atomic mass is 9.84. The molecule has 63 heavy (non-hydrogen) atoms. The number of nitrogens with zero attached hydrogens (tertiary/aromatic N) is 4. The molecule has 0 aliphatic carbocycles. The lowest BCUT2D eigenvalue weighted by Crippen LogP contribution is -2.59. The van der Waals surface area contributed by atoms with Crippen molar-refractivity contribution in [2.24, 2.45) is 29.6 Å². The molecule has 0 radical (unpaired) electrons. The van der Waals surface area contributed by atoms with Gasteiger partial charge in [0.2, 0.25) is 23.6 Å². The minimum Gasteiger partial charge on any atom is -0.467 e. The van der Waals surface area contributed by atoms with Gasteiger partial charge in [-0.05, 0) is 73.2 Å². The average molecular weight is 877 g/mol. The van der Waals surface area contributed by atoms with Crippen LogP contribution in [0.5, 0.6) is 0 Å². The first-order valence-corrected chi connectivity index (χ1v) is 23.0. The summed E-state index contributed by atoms with van der Waals surface area (Å²) in [6, 6.07) is 15.2. The van der Waals surface area contributed by atoms with Gasteiger partial charge >= 0.3 is 5.97 Å². The molecule has 2 aromatic carbocycles. The quantitative estimate of drug-likeness (QED) is 0.125. The smallest absolute Gasteiger partial charge is 0.328 e. The number of carbonyl (C=O) groups is 5. The van der Waals surface area contributed by atoms with Gasteiger partial charge in [-0.3, -0.25) is 24.1 Å². The minimum atomic E-state index is -0.881. The van der Waals surface area contributed by atoms with E-state index in [1.165, 1.54) is 12.7 Å². The van der Waals surface area contributed by atoms with Crippen molar-refractivity contribution in [3.05, 3.63) is 65.7 Å². The first kappa shape index (κ1) is 52.9. The number of hydrogen-bond donors (Lipinski definition) is 2. The van der Waals surface area contributed by atoms with Crippen LogP contribution in [0.25, 0.3) is 0 Å². The summed E-state index contributed by atoms with van der Waals surface area (Å²) in [4.78, 5) is 77.2. The zero-order valence-corrected chi connectivity index (χ0v) is 40.9. The van der Waals surface area contributed by atoms with E-state index in [2.05, 4.69) is 58.5 Å². The molecule has 1 saturated heterocycles. The molecule has 4 amide bonds. The van der Waals surface area contributed by atoms with E-state index in [4.69, 9.17) is 9.47 Å². The Bertz CT molecular complexity index is 1750. The monoisotopic (exact) mass is 877 g/mol. The summed E-state index contributed by atoms with van der Waals surface area (Å²) in [6.45, 7) is 17.2. The van der Waals surface area contributed by atoms with Gasteiger partial charge in [0.15, 0.2) is 0 Å². The van der Waals surface area contributed by atoms with Gasteiger partial charge in [-0.25, -0.2) is 4.79 Å². The van der Waals surface area contributed by atoms with Gasteiger partial charge in [-0.15, -0.1) is 0 Å². The Labute approximate surface area is 379 Å². The molecule has 13 heteroatoms. The van der Waals surface area contributed by atoms with Gasteiger partial charge in [0.05, 0.1) is 31.2 Å². The number of likely N-dealkylation sites (N-methyl/N-ethyl adjacent to an activating group) is 2. The van der Waals surface area contributed by atoms with E-state index in [0.29, 0.717) is 19.5 Å². The van der Waals surface area contributed by atoms with Crippen LogP contribution in [0.2, 0.25) is 0 Å². The second-order valence-corrected chi connectivity index (χ2v) is 18.8. The fraction of sp³-hybridized carbons (Fsp3) is 0.660. The van der Waals surface area contributed by atoms with E-state index in [9.17, 15) is 24.0 Å². The predicted octanol–water partition coefficient (Wildman–Crippen LogP) is 5.83. The molecule has 2 aromatic rings. The van der Waals surface area contributed by atoms with Crippen molar-refractivity contribution in [3.63, 3.8) is 0 Å². The molecule has 3 rings (SSSR count). The van der Waals surface area contributed by atoms with E-state index >= 15 is 0 Å². The maximum absolute atomic E-state index is 14.6. The fourth-order valence-corrected chi connectivity index (χ4v) is 9.39. The lowest BCUT2D eigenvalue weighted by Gasteiger charge is -2.41. The molecule has 13 nitrogen and oxygen atoms in total. The van der Waals surface area contributed by atoms with Crippen LogP contribution in [0.15, 0.2) is 54.6 Å². The zero-order chi connectivity index (χ0) is 47.1. The summed E-state index contributed by atoms with van der Waals surface area (Å²) in [5.41, 5.74) is 3.21. The Hall–Kier alpha value is -4.49. The molecule has 0 bridgehead atoms. The normalized spacial score (nSPS) is 17.9. The second kappa shape index (κ2) is 25.1. The highest BCUT2D eigenvalue weighted by molar-refractivity contribution is 5.90. The van der Waals surface area contributed by atoms with Crippen LogP contribution in [0.1, 0.15) is 92.2 Å². The second-order valence-electron chi connectivity index (χ2n) is 18.8. The number of nitrogens with one attached hydrogen (secondary N) is 2. The molecule has 1 heterocycles. The Morgan fingerprint density at radius 2 is 1.43 bits per heavy atom. The number of rotatable bonds is 24. The summed E-state index contributed by atoms with van der Waals surface area (Å²) >= 11 is 0. The third-order valence-electron chi connectivity index (χ3n) is 13.2. The molecule has 352 valence electrons. The number of benzene rings is 2. The molecular weight excluding hydrogens is 797 g/mol. The molecule has 1 aliphatic heterocycles. The van der Waals surface area contributed by atoms with Crippen LogP contribution in [-0.4, -0.2) is 136 Å². The van der Waals surface area contributed by atoms with Crippen LogP contribution in [0.4, 0.5) is 5.69 Å². The summed E-state index contributed by atoms with van der Waals surface area (Å²) in [6.07, 6.45) is 2.86. The Kier molecular flexibility index (Phi) is 21.1. The van der Waals surface area contributed by atoms with Crippen molar-refractivity contribution >= 4 is 35.3 Å². The van der Waals surface area contributed by atoms with Crippen molar-refractivity contribution in [2.75, 3.05) is 60.4 Å². The van der Waals surface area contributed by atoms with Gasteiger partial charge in [0.1, 0.15) is 12.1 Å². The number of anilines is 1. The largest absolute Gasteiger partial charge is 0.467 e. The summed E-state index contributed by atoms with van der Waals surface area (Å²) in [7, 11) is 10.7. The van der Waals surface area contributed by atoms with Crippen LogP contribution in [-0.2, 0) is 46.3 Å². The topological polar surface area (TPSA) is 141 Å². The number of hydrogen-bond acceptors (Lipinski definition) is 9. The highest BCUT2D eigenvalue weighted by Crippen LogP contribution is 2.31. The van der Waals surface area contributed by atoms with Crippen LogP contribution in [0, 0.1) is 29.6 Å². The zero-order valence-electron chi connectivity index (χ0n) is 40.9. The predicted molar refractivity (Wildman–Crippen MR) is 251 cm³/mol. The van der Waals surface area contributed by atoms with Gasteiger partial charge in [0.25, 0.3) is 0 Å². The number of methoxy groups -OCH3 is 2. The van der Waals surface area contributed by atoms with Crippen molar-refractivity contribution in [1.82, 2.24) is 25.3 Å². The van der Waals surface area contributed by atoms with Crippen molar-refractivity contribution in [3.8, 4) is 0 Å². The molecule has 1 fully saturated rings. The number of amides is 4. The van der Waals surface area contributed by atoms with Gasteiger partial charge < -0.3 is 34.8 Å². The lowest BCUT2D eigenvalue weighted by molar-refractivity contribution is -0.147. The molecule has 0 saturated carbocycles. The molecule has 9 atom stereocenters. The molecular formula is C50H80N6O7. The van der Waals surface area contributed by atoms with E-state index in [0.717, 1.165) is 30.5 Å². The number of carbonyl (C=O) groups excluding carboxylic acids is 5. The first-order chi connectivity index (χ1) is 29.8. The van der Waals surface area contributed by atoms with Crippen molar-refractivity contribution in [2.45, 2.75) is 130 Å². The summed E-state index contributed by atoms with van der Waals surface area (Å²) in [5, 5.41) is 6.05. The van der Waals surface area contributed by atoms with E-state index < -0.39 is 36.1 Å². The van der Waals surface area contributed by atoms with Crippen LogP contribution in [0.3, 0.4) is 0 Å². The molecule has 0 aromatic heterocycles. The Morgan fingerprint density at radius 1 is 0.794 bits per heavy atom. The van der Waals surface area contributed by atoms with E-state index in [1.54, 1.807) is 26.0 Å². The number of esters is 1. The first-order valence-electron chi connectivity index (χ1n) is 23.0. The molecule has 0 unspecified atom stereocenters. The number of ether oxygens (including phenoxy) is 2. The fourth-order valence-electron chi connectivity index (χ4n) is 9.39. The van der Waals surface area contributed by atoms with Crippen LogP contribution < -0.4 is 15.5 Å².